The van der Waals surface area contributed by atoms with Crippen molar-refractivity contribution in [2.45, 2.75) is 33.6 Å². The molecule has 1 saturated carbocycles. The van der Waals surface area contributed by atoms with E-state index in [0.717, 1.165) is 58.1 Å². The molecule has 0 atom stereocenters. The summed E-state index contributed by atoms with van der Waals surface area (Å²) < 4.78 is 22.7. The first-order valence-corrected chi connectivity index (χ1v) is 11.6. The molecular formula is C28H30O5. The smallest absolute Gasteiger partial charge is 0.185 e. The third-order valence-electron chi connectivity index (χ3n) is 6.55. The summed E-state index contributed by atoms with van der Waals surface area (Å²) in [6.07, 6.45) is 5.54. The average Bonchev–Trinajstić information content (AvgIpc) is 2.80. The molecule has 0 aromatic heterocycles. The number of hydrogen-bond donors (Lipinski definition) is 0. The predicted molar refractivity (Wildman–Crippen MR) is 128 cm³/mol. The second kappa shape index (κ2) is 8.62. The van der Waals surface area contributed by atoms with E-state index in [-0.39, 0.29) is 11.2 Å². The number of benzene rings is 2. The fourth-order valence-corrected chi connectivity index (χ4v) is 4.56. The first kappa shape index (κ1) is 21.6. The van der Waals surface area contributed by atoms with Gasteiger partial charge in [-0.25, -0.2) is 0 Å². The molecule has 172 valence electrons. The van der Waals surface area contributed by atoms with Gasteiger partial charge in [0.1, 0.15) is 26.4 Å². The van der Waals surface area contributed by atoms with Crippen molar-refractivity contribution in [2.75, 3.05) is 26.4 Å². The van der Waals surface area contributed by atoms with Gasteiger partial charge in [0.05, 0.1) is 0 Å². The van der Waals surface area contributed by atoms with E-state index in [9.17, 15) is 4.79 Å². The summed E-state index contributed by atoms with van der Waals surface area (Å²) in [4.78, 5) is 13.5. The number of allylic oxidation sites excluding steroid dienone is 2. The summed E-state index contributed by atoms with van der Waals surface area (Å²) >= 11 is 0. The lowest BCUT2D eigenvalue weighted by Crippen LogP contribution is -2.29. The van der Waals surface area contributed by atoms with Gasteiger partial charge < -0.3 is 18.9 Å². The molecule has 0 radical (unpaired) electrons. The van der Waals surface area contributed by atoms with Crippen molar-refractivity contribution in [1.29, 1.82) is 0 Å². The maximum absolute atomic E-state index is 13.5. The summed E-state index contributed by atoms with van der Waals surface area (Å²) in [5, 5.41) is 0. The summed E-state index contributed by atoms with van der Waals surface area (Å²) in [5.74, 6) is 3.45. The Morgan fingerprint density at radius 2 is 1.12 bits per heavy atom. The number of carbonyl (C=O) groups excluding carboxylic acids is 1. The van der Waals surface area contributed by atoms with E-state index in [4.69, 9.17) is 18.9 Å². The lowest BCUT2D eigenvalue weighted by Gasteiger charge is -2.35. The van der Waals surface area contributed by atoms with Crippen LogP contribution in [0, 0.1) is 11.3 Å². The fourth-order valence-electron chi connectivity index (χ4n) is 4.56. The molecule has 33 heavy (non-hydrogen) atoms. The SMILES string of the molecule is CC(C)(C)C1CC(=Cc2ccc3c(c2)OCCO3)C(=O)C(=Cc2ccc3c(c2)OCCO3)C1. The van der Waals surface area contributed by atoms with Gasteiger partial charge in [0.2, 0.25) is 0 Å². The zero-order valence-electron chi connectivity index (χ0n) is 19.5. The highest BCUT2D eigenvalue weighted by molar-refractivity contribution is 6.14. The van der Waals surface area contributed by atoms with E-state index in [1.165, 1.54) is 0 Å². The lowest BCUT2D eigenvalue weighted by atomic mass is 9.68. The number of hydrogen-bond acceptors (Lipinski definition) is 5. The maximum atomic E-state index is 13.5. The quantitative estimate of drug-likeness (QED) is 0.552. The minimum atomic E-state index is 0.0818. The van der Waals surface area contributed by atoms with Gasteiger partial charge in [-0.2, -0.15) is 0 Å². The molecule has 2 aromatic carbocycles. The molecule has 0 amide bonds. The number of rotatable bonds is 2. The van der Waals surface area contributed by atoms with Gasteiger partial charge in [-0.1, -0.05) is 32.9 Å². The Morgan fingerprint density at radius 3 is 1.55 bits per heavy atom. The fraction of sp³-hybridized carbons (Fsp3) is 0.393. The van der Waals surface area contributed by atoms with Crippen LogP contribution in [0.25, 0.3) is 12.2 Å². The van der Waals surface area contributed by atoms with E-state index in [1.807, 2.05) is 48.6 Å². The van der Waals surface area contributed by atoms with Gasteiger partial charge in [0.15, 0.2) is 28.8 Å². The van der Waals surface area contributed by atoms with Crippen LogP contribution in [0.1, 0.15) is 44.7 Å². The van der Waals surface area contributed by atoms with Crippen LogP contribution in [-0.4, -0.2) is 32.2 Å². The highest BCUT2D eigenvalue weighted by atomic mass is 16.6. The molecule has 2 heterocycles. The van der Waals surface area contributed by atoms with Crippen LogP contribution in [0.4, 0.5) is 0 Å². The first-order chi connectivity index (χ1) is 15.9. The van der Waals surface area contributed by atoms with E-state index in [0.29, 0.717) is 32.3 Å². The Kier molecular flexibility index (Phi) is 5.65. The normalized spacial score (nSPS) is 22.5. The van der Waals surface area contributed by atoms with Crippen LogP contribution in [0.3, 0.4) is 0 Å². The molecule has 2 aliphatic heterocycles. The minimum Gasteiger partial charge on any atom is -0.486 e. The van der Waals surface area contributed by atoms with Crippen molar-refractivity contribution in [3.8, 4) is 23.0 Å². The van der Waals surface area contributed by atoms with Crippen molar-refractivity contribution in [1.82, 2.24) is 0 Å². The maximum Gasteiger partial charge on any atom is 0.185 e. The van der Waals surface area contributed by atoms with Crippen LogP contribution in [-0.2, 0) is 4.79 Å². The van der Waals surface area contributed by atoms with Crippen molar-refractivity contribution < 1.29 is 23.7 Å². The second-order valence-electron chi connectivity index (χ2n) is 9.95. The van der Waals surface area contributed by atoms with Gasteiger partial charge in [-0.05, 0) is 71.7 Å². The summed E-state index contributed by atoms with van der Waals surface area (Å²) in [6.45, 7) is 8.95. The Bertz CT molecular complexity index is 1050. The van der Waals surface area contributed by atoms with Crippen molar-refractivity contribution >= 4 is 17.9 Å². The summed E-state index contributed by atoms with van der Waals surface area (Å²) in [5.41, 5.74) is 3.66. The molecule has 1 fully saturated rings. The second-order valence-corrected chi connectivity index (χ2v) is 9.95. The molecule has 5 heteroatoms. The van der Waals surface area contributed by atoms with E-state index in [2.05, 4.69) is 20.8 Å². The molecule has 0 bridgehead atoms. The van der Waals surface area contributed by atoms with Crippen LogP contribution in [0.15, 0.2) is 47.5 Å². The lowest BCUT2D eigenvalue weighted by molar-refractivity contribution is -0.113. The third kappa shape index (κ3) is 4.63. The molecule has 2 aromatic rings. The number of ether oxygens (including phenoxy) is 4. The third-order valence-corrected chi connectivity index (χ3v) is 6.55. The minimum absolute atomic E-state index is 0.0818. The Balaban J connectivity index is 1.49. The Hall–Kier alpha value is -3.21. The number of Topliss-reactive ketones (excluding diaryl/α,β-unsaturated/α-hetero) is 1. The van der Waals surface area contributed by atoms with Crippen LogP contribution >= 0.6 is 0 Å². The average molecular weight is 447 g/mol. The van der Waals surface area contributed by atoms with E-state index >= 15 is 0 Å². The van der Waals surface area contributed by atoms with Gasteiger partial charge in [0.25, 0.3) is 0 Å². The highest BCUT2D eigenvalue weighted by Crippen LogP contribution is 2.43. The van der Waals surface area contributed by atoms with Crippen molar-refractivity contribution in [2.24, 2.45) is 11.3 Å². The van der Waals surface area contributed by atoms with Crippen molar-refractivity contribution in [3.05, 3.63) is 58.7 Å². The van der Waals surface area contributed by atoms with E-state index in [1.54, 1.807) is 0 Å². The van der Waals surface area contributed by atoms with Gasteiger partial charge in [-0.15, -0.1) is 0 Å². The highest BCUT2D eigenvalue weighted by Gasteiger charge is 2.34. The molecule has 3 aliphatic rings. The summed E-state index contributed by atoms with van der Waals surface area (Å²) in [7, 11) is 0. The molecule has 0 spiro atoms. The topological polar surface area (TPSA) is 54.0 Å². The Labute approximate surface area is 195 Å². The zero-order valence-corrected chi connectivity index (χ0v) is 19.5. The molecule has 0 unspecified atom stereocenters. The van der Waals surface area contributed by atoms with Crippen LogP contribution in [0.2, 0.25) is 0 Å². The number of ketones is 1. The van der Waals surface area contributed by atoms with Gasteiger partial charge in [0, 0.05) is 11.1 Å². The van der Waals surface area contributed by atoms with Crippen LogP contribution in [0.5, 0.6) is 23.0 Å². The molecular weight excluding hydrogens is 416 g/mol. The molecule has 1 aliphatic carbocycles. The molecule has 5 rings (SSSR count). The zero-order chi connectivity index (χ0) is 23.0. The predicted octanol–water partition coefficient (Wildman–Crippen LogP) is 5.72. The molecule has 0 N–H and O–H groups in total. The van der Waals surface area contributed by atoms with E-state index < -0.39 is 0 Å². The molecule has 5 nitrogen and oxygen atoms in total. The van der Waals surface area contributed by atoms with Gasteiger partial charge >= 0.3 is 0 Å². The number of carbonyl (C=O) groups is 1. The Morgan fingerprint density at radius 1 is 0.697 bits per heavy atom. The van der Waals surface area contributed by atoms with Crippen LogP contribution < -0.4 is 18.9 Å². The monoisotopic (exact) mass is 446 g/mol. The first-order valence-electron chi connectivity index (χ1n) is 11.6. The largest absolute Gasteiger partial charge is 0.486 e. The standard InChI is InChI=1S/C28H30O5/c1-28(2,3)22-16-20(12-18-4-6-23-25(14-18)32-10-8-30-23)27(29)21(17-22)13-19-5-7-24-26(15-19)33-11-9-31-24/h4-7,12-15,22H,8-11,16-17H2,1-3H3. The van der Waals surface area contributed by atoms with Crippen molar-refractivity contribution in [3.63, 3.8) is 0 Å². The number of fused-ring (bicyclic) bond motifs is 2. The summed E-state index contributed by atoms with van der Waals surface area (Å²) in [6, 6.07) is 11.7. The molecule has 0 saturated heterocycles. The van der Waals surface area contributed by atoms with Gasteiger partial charge in [-0.3, -0.25) is 4.79 Å².